The van der Waals surface area contributed by atoms with Gasteiger partial charge in [-0.25, -0.2) is 4.79 Å². The van der Waals surface area contributed by atoms with Crippen LogP contribution in [0.2, 0.25) is 0 Å². The first kappa shape index (κ1) is 18.8. The molecule has 2 aromatic carbocycles. The lowest BCUT2D eigenvalue weighted by Gasteiger charge is -2.37. The third-order valence-corrected chi connectivity index (χ3v) is 4.65. The van der Waals surface area contributed by atoms with Gasteiger partial charge in [0.15, 0.2) is 6.10 Å². The standard InChI is InChI=1S/C21H24N2O4/c1-16(27-21(25)17-7-6-10-19(15-17)26-2)20(24)23-13-11-22(12-14-23)18-8-4-3-5-9-18/h3-10,15-16H,11-14H2,1-2H3/t16-/m1/s1. The first-order chi connectivity index (χ1) is 13.1. The Hall–Kier alpha value is -3.02. The predicted molar refractivity (Wildman–Crippen MR) is 103 cm³/mol. The van der Waals surface area contributed by atoms with E-state index in [1.54, 1.807) is 36.1 Å². The van der Waals surface area contributed by atoms with E-state index in [9.17, 15) is 9.59 Å². The van der Waals surface area contributed by atoms with Crippen molar-refractivity contribution in [3.63, 3.8) is 0 Å². The minimum absolute atomic E-state index is 0.168. The molecule has 0 unspecified atom stereocenters. The summed E-state index contributed by atoms with van der Waals surface area (Å²) >= 11 is 0. The number of anilines is 1. The smallest absolute Gasteiger partial charge is 0.339 e. The summed E-state index contributed by atoms with van der Waals surface area (Å²) in [6.07, 6.45) is -0.827. The summed E-state index contributed by atoms with van der Waals surface area (Å²) in [6, 6.07) is 16.8. The van der Waals surface area contributed by atoms with Crippen LogP contribution in [0.4, 0.5) is 5.69 Å². The van der Waals surface area contributed by atoms with Crippen molar-refractivity contribution < 1.29 is 19.1 Å². The molecule has 0 spiro atoms. The number of benzene rings is 2. The Morgan fingerprint density at radius 3 is 2.33 bits per heavy atom. The maximum absolute atomic E-state index is 12.6. The van der Waals surface area contributed by atoms with Crippen LogP contribution in [0.3, 0.4) is 0 Å². The monoisotopic (exact) mass is 368 g/mol. The van der Waals surface area contributed by atoms with Gasteiger partial charge in [0.05, 0.1) is 12.7 Å². The van der Waals surface area contributed by atoms with E-state index in [1.165, 1.54) is 7.11 Å². The van der Waals surface area contributed by atoms with E-state index in [4.69, 9.17) is 9.47 Å². The summed E-state index contributed by atoms with van der Waals surface area (Å²) in [5.74, 6) is -0.128. The first-order valence-electron chi connectivity index (χ1n) is 9.02. The Morgan fingerprint density at radius 2 is 1.67 bits per heavy atom. The largest absolute Gasteiger partial charge is 0.497 e. The molecule has 1 saturated heterocycles. The summed E-state index contributed by atoms with van der Waals surface area (Å²) in [7, 11) is 1.53. The summed E-state index contributed by atoms with van der Waals surface area (Å²) in [5, 5.41) is 0. The molecule has 3 rings (SSSR count). The Balaban J connectivity index is 1.54. The summed E-state index contributed by atoms with van der Waals surface area (Å²) in [6.45, 7) is 4.34. The van der Waals surface area contributed by atoms with Gasteiger partial charge in [0.2, 0.25) is 0 Å². The van der Waals surface area contributed by atoms with Crippen LogP contribution in [0.15, 0.2) is 54.6 Å². The molecule has 0 radical (unpaired) electrons. The van der Waals surface area contributed by atoms with E-state index in [0.717, 1.165) is 18.8 Å². The molecule has 6 heteroatoms. The Morgan fingerprint density at radius 1 is 0.963 bits per heavy atom. The number of carbonyl (C=O) groups excluding carboxylic acids is 2. The average molecular weight is 368 g/mol. The number of hydrogen-bond acceptors (Lipinski definition) is 5. The molecule has 0 aromatic heterocycles. The van der Waals surface area contributed by atoms with Crippen molar-refractivity contribution in [2.75, 3.05) is 38.2 Å². The lowest BCUT2D eigenvalue weighted by Crippen LogP contribution is -2.51. The van der Waals surface area contributed by atoms with E-state index in [2.05, 4.69) is 17.0 Å². The van der Waals surface area contributed by atoms with Gasteiger partial charge in [-0.05, 0) is 37.3 Å². The highest BCUT2D eigenvalue weighted by Crippen LogP contribution is 2.17. The topological polar surface area (TPSA) is 59.1 Å². The molecule has 1 fully saturated rings. The van der Waals surface area contributed by atoms with Crippen LogP contribution >= 0.6 is 0 Å². The molecule has 0 aliphatic carbocycles. The molecule has 0 N–H and O–H groups in total. The number of nitrogens with zero attached hydrogens (tertiary/aromatic N) is 2. The quantitative estimate of drug-likeness (QED) is 0.760. The molecule has 142 valence electrons. The number of rotatable bonds is 5. The fraction of sp³-hybridized carbons (Fsp3) is 0.333. The minimum atomic E-state index is -0.827. The minimum Gasteiger partial charge on any atom is -0.497 e. The number of ether oxygens (including phenoxy) is 2. The Kier molecular flexibility index (Phi) is 5.96. The fourth-order valence-electron chi connectivity index (χ4n) is 3.11. The number of piperazine rings is 1. The van der Waals surface area contributed by atoms with Gasteiger partial charge in [-0.2, -0.15) is 0 Å². The summed E-state index contributed by atoms with van der Waals surface area (Å²) in [5.41, 5.74) is 1.52. The van der Waals surface area contributed by atoms with Gasteiger partial charge in [0.25, 0.3) is 5.91 Å². The molecule has 6 nitrogen and oxygen atoms in total. The zero-order chi connectivity index (χ0) is 19.2. The number of amides is 1. The van der Waals surface area contributed by atoms with Gasteiger partial charge >= 0.3 is 5.97 Å². The van der Waals surface area contributed by atoms with Crippen LogP contribution in [-0.4, -0.2) is 56.2 Å². The van der Waals surface area contributed by atoms with Gasteiger partial charge in [-0.3, -0.25) is 4.79 Å². The number of methoxy groups -OCH3 is 1. The van der Waals surface area contributed by atoms with Crippen LogP contribution in [0.1, 0.15) is 17.3 Å². The number of carbonyl (C=O) groups is 2. The van der Waals surface area contributed by atoms with Crippen molar-refractivity contribution in [1.29, 1.82) is 0 Å². The van der Waals surface area contributed by atoms with Gasteiger partial charge in [-0.1, -0.05) is 24.3 Å². The van der Waals surface area contributed by atoms with Crippen molar-refractivity contribution in [2.45, 2.75) is 13.0 Å². The molecule has 0 saturated carbocycles. The molecule has 1 aliphatic heterocycles. The fourth-order valence-corrected chi connectivity index (χ4v) is 3.11. The predicted octanol–water partition coefficient (Wildman–Crippen LogP) is 2.59. The highest BCUT2D eigenvalue weighted by atomic mass is 16.5. The number of hydrogen-bond donors (Lipinski definition) is 0. The molecular formula is C21H24N2O4. The number of esters is 1. The normalized spacial score (nSPS) is 15.2. The van der Waals surface area contributed by atoms with Crippen LogP contribution in [-0.2, 0) is 9.53 Å². The van der Waals surface area contributed by atoms with Crippen LogP contribution in [0, 0.1) is 0 Å². The van der Waals surface area contributed by atoms with E-state index in [-0.39, 0.29) is 5.91 Å². The second kappa shape index (κ2) is 8.58. The zero-order valence-corrected chi connectivity index (χ0v) is 15.6. The highest BCUT2D eigenvalue weighted by Gasteiger charge is 2.27. The maximum Gasteiger partial charge on any atom is 0.339 e. The van der Waals surface area contributed by atoms with E-state index in [1.807, 2.05) is 18.2 Å². The van der Waals surface area contributed by atoms with Crippen molar-refractivity contribution in [1.82, 2.24) is 4.90 Å². The van der Waals surface area contributed by atoms with Crippen LogP contribution in [0.25, 0.3) is 0 Å². The van der Waals surface area contributed by atoms with Crippen molar-refractivity contribution in [3.8, 4) is 5.75 Å². The van der Waals surface area contributed by atoms with Gasteiger partial charge < -0.3 is 19.3 Å². The SMILES string of the molecule is COc1cccc(C(=O)O[C@H](C)C(=O)N2CCN(c3ccccc3)CC2)c1. The van der Waals surface area contributed by atoms with Crippen molar-refractivity contribution >= 4 is 17.6 Å². The third-order valence-electron chi connectivity index (χ3n) is 4.65. The lowest BCUT2D eigenvalue weighted by molar-refractivity contribution is -0.140. The van der Waals surface area contributed by atoms with Gasteiger partial charge in [0, 0.05) is 31.9 Å². The molecule has 1 amide bonds. The second-order valence-electron chi connectivity index (χ2n) is 6.43. The first-order valence-corrected chi connectivity index (χ1v) is 9.02. The van der Waals surface area contributed by atoms with Gasteiger partial charge in [-0.15, -0.1) is 0 Å². The maximum atomic E-state index is 12.6. The Bertz CT molecular complexity index is 786. The van der Waals surface area contributed by atoms with Gasteiger partial charge in [0.1, 0.15) is 5.75 Å². The highest BCUT2D eigenvalue weighted by molar-refractivity contribution is 5.92. The van der Waals surface area contributed by atoms with Crippen molar-refractivity contribution in [2.24, 2.45) is 0 Å². The molecule has 1 atom stereocenters. The average Bonchev–Trinajstić information content (AvgIpc) is 2.74. The third kappa shape index (κ3) is 4.58. The molecule has 0 bridgehead atoms. The molecular weight excluding hydrogens is 344 g/mol. The summed E-state index contributed by atoms with van der Waals surface area (Å²) in [4.78, 5) is 28.9. The molecule has 1 heterocycles. The van der Waals surface area contributed by atoms with Crippen LogP contribution < -0.4 is 9.64 Å². The number of para-hydroxylation sites is 1. The molecule has 1 aliphatic rings. The zero-order valence-electron chi connectivity index (χ0n) is 15.6. The molecule has 27 heavy (non-hydrogen) atoms. The summed E-state index contributed by atoms with van der Waals surface area (Å²) < 4.78 is 10.5. The van der Waals surface area contributed by atoms with E-state index >= 15 is 0 Å². The molecule has 2 aromatic rings. The van der Waals surface area contributed by atoms with E-state index in [0.29, 0.717) is 24.4 Å². The van der Waals surface area contributed by atoms with Crippen molar-refractivity contribution in [3.05, 3.63) is 60.2 Å². The Labute approximate surface area is 159 Å². The second-order valence-corrected chi connectivity index (χ2v) is 6.43. The lowest BCUT2D eigenvalue weighted by atomic mass is 10.2. The van der Waals surface area contributed by atoms with E-state index < -0.39 is 12.1 Å². The van der Waals surface area contributed by atoms with Crippen LogP contribution in [0.5, 0.6) is 5.75 Å².